The SMILES string of the molecule is O=[N+]([O-])c1ccc(O)c(/C=N/N2CCCc3ccccc32)c1. The molecule has 1 heterocycles. The summed E-state index contributed by atoms with van der Waals surface area (Å²) in [6.45, 7) is 0.781. The number of fused-ring (bicyclic) bond motifs is 1. The molecule has 112 valence electrons. The number of hydrazone groups is 1. The summed E-state index contributed by atoms with van der Waals surface area (Å²) in [6.07, 6.45) is 3.48. The van der Waals surface area contributed by atoms with Crippen LogP contribution >= 0.6 is 0 Å². The lowest BCUT2D eigenvalue weighted by Gasteiger charge is -2.26. The summed E-state index contributed by atoms with van der Waals surface area (Å²) in [7, 11) is 0. The molecule has 0 unspecified atom stereocenters. The van der Waals surface area contributed by atoms with Crippen molar-refractivity contribution in [1.82, 2.24) is 0 Å². The Morgan fingerprint density at radius 1 is 1.27 bits per heavy atom. The number of aromatic hydroxyl groups is 1. The second kappa shape index (κ2) is 5.85. The fourth-order valence-electron chi connectivity index (χ4n) is 2.52. The quantitative estimate of drug-likeness (QED) is 0.536. The fourth-order valence-corrected chi connectivity index (χ4v) is 2.52. The molecule has 0 aliphatic carbocycles. The second-order valence-corrected chi connectivity index (χ2v) is 5.10. The minimum absolute atomic E-state index is 0.0281. The van der Waals surface area contributed by atoms with E-state index in [-0.39, 0.29) is 11.4 Å². The van der Waals surface area contributed by atoms with E-state index >= 15 is 0 Å². The van der Waals surface area contributed by atoms with Crippen molar-refractivity contribution in [2.24, 2.45) is 5.10 Å². The Morgan fingerprint density at radius 3 is 2.91 bits per heavy atom. The third kappa shape index (κ3) is 2.76. The molecule has 0 saturated carbocycles. The lowest BCUT2D eigenvalue weighted by molar-refractivity contribution is -0.384. The van der Waals surface area contributed by atoms with Crippen molar-refractivity contribution in [2.75, 3.05) is 11.6 Å². The highest BCUT2D eigenvalue weighted by Gasteiger charge is 2.15. The van der Waals surface area contributed by atoms with Gasteiger partial charge in [-0.2, -0.15) is 5.10 Å². The Bertz CT molecular complexity index is 743. The average Bonchev–Trinajstić information content (AvgIpc) is 2.54. The number of non-ortho nitro benzene ring substituents is 1. The minimum Gasteiger partial charge on any atom is -0.507 e. The van der Waals surface area contributed by atoms with Gasteiger partial charge in [0.05, 0.1) is 16.8 Å². The molecule has 0 bridgehead atoms. The summed E-state index contributed by atoms with van der Waals surface area (Å²) in [4.78, 5) is 10.3. The third-order valence-corrected chi connectivity index (χ3v) is 3.64. The van der Waals surface area contributed by atoms with E-state index in [0.717, 1.165) is 25.1 Å². The molecule has 22 heavy (non-hydrogen) atoms. The van der Waals surface area contributed by atoms with Gasteiger partial charge in [-0.3, -0.25) is 15.1 Å². The first-order valence-electron chi connectivity index (χ1n) is 7.02. The number of nitrogens with zero attached hydrogens (tertiary/aromatic N) is 3. The van der Waals surface area contributed by atoms with Crippen molar-refractivity contribution in [2.45, 2.75) is 12.8 Å². The number of nitro groups is 1. The van der Waals surface area contributed by atoms with Crippen LogP contribution in [0.5, 0.6) is 5.75 Å². The lowest BCUT2D eigenvalue weighted by Crippen LogP contribution is -2.24. The van der Waals surface area contributed by atoms with Crippen LogP contribution in [0.4, 0.5) is 11.4 Å². The van der Waals surface area contributed by atoms with Crippen molar-refractivity contribution in [3.63, 3.8) is 0 Å². The zero-order valence-corrected chi connectivity index (χ0v) is 11.8. The van der Waals surface area contributed by atoms with Crippen LogP contribution in [0.25, 0.3) is 0 Å². The van der Waals surface area contributed by atoms with Crippen molar-refractivity contribution >= 4 is 17.6 Å². The predicted octanol–water partition coefficient (Wildman–Crippen LogP) is 3.09. The van der Waals surface area contributed by atoms with Gasteiger partial charge in [-0.15, -0.1) is 0 Å². The van der Waals surface area contributed by atoms with Gasteiger partial charge in [0, 0.05) is 24.2 Å². The molecular weight excluding hydrogens is 282 g/mol. The molecule has 2 aromatic rings. The number of hydrogen-bond acceptors (Lipinski definition) is 5. The molecule has 0 amide bonds. The largest absolute Gasteiger partial charge is 0.507 e. The first-order chi connectivity index (χ1) is 10.6. The smallest absolute Gasteiger partial charge is 0.270 e. The van der Waals surface area contributed by atoms with Crippen LogP contribution in [0, 0.1) is 10.1 Å². The zero-order valence-electron chi connectivity index (χ0n) is 11.8. The van der Waals surface area contributed by atoms with Crippen molar-refractivity contribution in [1.29, 1.82) is 0 Å². The molecule has 1 N–H and O–H groups in total. The van der Waals surface area contributed by atoms with Gasteiger partial charge in [0.15, 0.2) is 0 Å². The average molecular weight is 297 g/mol. The highest BCUT2D eigenvalue weighted by Crippen LogP contribution is 2.27. The molecule has 2 aromatic carbocycles. The summed E-state index contributed by atoms with van der Waals surface area (Å²) in [5.74, 6) is -0.0281. The van der Waals surface area contributed by atoms with E-state index in [1.807, 2.05) is 23.2 Å². The Morgan fingerprint density at radius 2 is 2.09 bits per heavy atom. The standard InChI is InChI=1S/C16H15N3O3/c20-16-8-7-14(19(21)22)10-13(16)11-17-18-9-3-5-12-4-1-2-6-15(12)18/h1-2,4,6-8,10-11,20H,3,5,9H2/b17-11+. The minimum atomic E-state index is -0.493. The Kier molecular flexibility index (Phi) is 3.74. The first kappa shape index (κ1) is 14.1. The first-order valence-corrected chi connectivity index (χ1v) is 7.02. The van der Waals surface area contributed by atoms with Crippen LogP contribution in [0.2, 0.25) is 0 Å². The van der Waals surface area contributed by atoms with E-state index in [0.29, 0.717) is 5.56 Å². The number of hydrogen-bond donors (Lipinski definition) is 1. The van der Waals surface area contributed by atoms with Gasteiger partial charge >= 0.3 is 0 Å². The zero-order chi connectivity index (χ0) is 15.5. The Labute approximate surface area is 127 Å². The lowest BCUT2D eigenvalue weighted by atomic mass is 10.0. The highest BCUT2D eigenvalue weighted by molar-refractivity contribution is 5.85. The van der Waals surface area contributed by atoms with E-state index in [2.05, 4.69) is 11.2 Å². The van der Waals surface area contributed by atoms with E-state index in [1.165, 1.54) is 30.0 Å². The van der Waals surface area contributed by atoms with E-state index in [4.69, 9.17) is 0 Å². The van der Waals surface area contributed by atoms with E-state index in [1.54, 1.807) is 0 Å². The number of anilines is 1. The van der Waals surface area contributed by atoms with Crippen molar-refractivity contribution in [3.05, 3.63) is 63.7 Å². The molecule has 1 aliphatic heterocycles. The maximum Gasteiger partial charge on any atom is 0.270 e. The van der Waals surface area contributed by atoms with Crippen LogP contribution in [-0.4, -0.2) is 22.8 Å². The number of aryl methyl sites for hydroxylation is 1. The van der Waals surface area contributed by atoms with Gasteiger partial charge < -0.3 is 5.11 Å². The molecule has 0 spiro atoms. The van der Waals surface area contributed by atoms with Gasteiger partial charge in [-0.1, -0.05) is 18.2 Å². The van der Waals surface area contributed by atoms with Gasteiger partial charge in [0.1, 0.15) is 5.75 Å². The predicted molar refractivity (Wildman–Crippen MR) is 84.5 cm³/mol. The van der Waals surface area contributed by atoms with Crippen LogP contribution in [0.3, 0.4) is 0 Å². The molecule has 0 aromatic heterocycles. The molecule has 0 saturated heterocycles. The molecule has 0 radical (unpaired) electrons. The van der Waals surface area contributed by atoms with E-state index in [9.17, 15) is 15.2 Å². The maximum absolute atomic E-state index is 10.8. The number of phenolic OH excluding ortho intramolecular Hbond substituents is 1. The van der Waals surface area contributed by atoms with E-state index < -0.39 is 4.92 Å². The summed E-state index contributed by atoms with van der Waals surface area (Å²) in [5, 5.41) is 26.9. The molecule has 6 heteroatoms. The Balaban J connectivity index is 1.89. The fraction of sp³-hybridized carbons (Fsp3) is 0.188. The summed E-state index contributed by atoms with van der Waals surface area (Å²) in [6, 6.07) is 11.9. The van der Waals surface area contributed by atoms with Crippen LogP contribution in [0.1, 0.15) is 17.5 Å². The summed E-state index contributed by atoms with van der Waals surface area (Å²) < 4.78 is 0. The normalized spacial score (nSPS) is 14.1. The van der Waals surface area contributed by atoms with Gasteiger partial charge in [-0.05, 0) is 30.5 Å². The second-order valence-electron chi connectivity index (χ2n) is 5.10. The van der Waals surface area contributed by atoms with Crippen LogP contribution < -0.4 is 5.01 Å². The number of para-hydroxylation sites is 1. The molecule has 0 fully saturated rings. The number of rotatable bonds is 3. The molecule has 1 aliphatic rings. The summed E-state index contributed by atoms with van der Waals surface area (Å²) >= 11 is 0. The highest BCUT2D eigenvalue weighted by atomic mass is 16.6. The van der Waals surface area contributed by atoms with Gasteiger partial charge in [0.2, 0.25) is 0 Å². The van der Waals surface area contributed by atoms with Gasteiger partial charge in [0.25, 0.3) is 5.69 Å². The van der Waals surface area contributed by atoms with Crippen LogP contribution in [0.15, 0.2) is 47.6 Å². The summed E-state index contributed by atoms with van der Waals surface area (Å²) in [5.41, 5.74) is 2.53. The van der Waals surface area contributed by atoms with Crippen molar-refractivity contribution in [3.8, 4) is 5.75 Å². The van der Waals surface area contributed by atoms with Crippen LogP contribution in [-0.2, 0) is 6.42 Å². The number of nitro benzene ring substituents is 1. The molecule has 6 nitrogen and oxygen atoms in total. The third-order valence-electron chi connectivity index (χ3n) is 3.64. The maximum atomic E-state index is 10.8. The molecule has 0 atom stereocenters. The molecular formula is C16H15N3O3. The molecule has 3 rings (SSSR count). The monoisotopic (exact) mass is 297 g/mol. The Hall–Kier alpha value is -2.89. The van der Waals surface area contributed by atoms with Crippen molar-refractivity contribution < 1.29 is 10.0 Å². The number of phenols is 1. The number of benzene rings is 2. The van der Waals surface area contributed by atoms with Gasteiger partial charge in [-0.25, -0.2) is 0 Å². The topological polar surface area (TPSA) is 79.0 Å².